The minimum atomic E-state index is -0.895. The molecule has 0 aliphatic rings. The van der Waals surface area contributed by atoms with Crippen molar-refractivity contribution in [1.82, 2.24) is 0 Å². The first-order chi connectivity index (χ1) is 3.68. The zero-order chi connectivity index (χ0) is 6.57. The Hall–Kier alpha value is 0.239. The SMILES string of the molecule is C[Se]C[C@@H](N)C(=O)O.Cl. The molecule has 0 aliphatic heterocycles. The van der Waals surface area contributed by atoms with Crippen LogP contribution in [0.4, 0.5) is 0 Å². The van der Waals surface area contributed by atoms with Gasteiger partial charge in [-0.3, -0.25) is 0 Å². The number of carboxylic acids is 1. The molecule has 0 radical (unpaired) electrons. The minimum absolute atomic E-state index is 0. The molecule has 5 heteroatoms. The van der Waals surface area contributed by atoms with E-state index >= 15 is 0 Å². The number of aliphatic carboxylic acids is 1. The zero-order valence-corrected chi connectivity index (χ0v) is 7.56. The van der Waals surface area contributed by atoms with Gasteiger partial charge in [-0.2, -0.15) is 0 Å². The van der Waals surface area contributed by atoms with E-state index in [0.717, 1.165) is 0 Å². The van der Waals surface area contributed by atoms with Gasteiger partial charge in [0, 0.05) is 0 Å². The Morgan fingerprint density at radius 2 is 2.33 bits per heavy atom. The molecule has 0 aromatic rings. The van der Waals surface area contributed by atoms with E-state index in [2.05, 4.69) is 0 Å². The van der Waals surface area contributed by atoms with Crippen LogP contribution in [0, 0.1) is 0 Å². The molecular formula is C4H10ClNO2Se. The second-order valence-corrected chi connectivity index (χ2v) is 3.31. The van der Waals surface area contributed by atoms with Crippen LogP contribution in [0.15, 0.2) is 0 Å². The van der Waals surface area contributed by atoms with Gasteiger partial charge in [0.15, 0.2) is 0 Å². The normalized spacial score (nSPS) is 11.8. The molecule has 1 atom stereocenters. The molecule has 0 aliphatic carbocycles. The van der Waals surface area contributed by atoms with Crippen molar-refractivity contribution in [3.05, 3.63) is 0 Å². The Kier molecular flexibility index (Phi) is 8.46. The average Bonchev–Trinajstić information content (AvgIpc) is 1.67. The van der Waals surface area contributed by atoms with Gasteiger partial charge in [0.2, 0.25) is 0 Å². The van der Waals surface area contributed by atoms with Gasteiger partial charge in [-0.15, -0.1) is 12.4 Å². The number of nitrogens with two attached hydrogens (primary N) is 1. The van der Waals surface area contributed by atoms with Crippen LogP contribution < -0.4 is 5.73 Å². The van der Waals surface area contributed by atoms with Gasteiger partial charge in [-0.05, 0) is 0 Å². The van der Waals surface area contributed by atoms with Crippen LogP contribution in [-0.4, -0.2) is 32.1 Å². The first kappa shape index (κ1) is 12.0. The molecule has 0 bridgehead atoms. The van der Waals surface area contributed by atoms with E-state index in [-0.39, 0.29) is 12.4 Å². The van der Waals surface area contributed by atoms with Crippen molar-refractivity contribution >= 4 is 33.3 Å². The van der Waals surface area contributed by atoms with Gasteiger partial charge in [-0.1, -0.05) is 0 Å². The Balaban J connectivity index is 0. The van der Waals surface area contributed by atoms with Crippen LogP contribution in [0.1, 0.15) is 0 Å². The van der Waals surface area contributed by atoms with Gasteiger partial charge in [-0.25, -0.2) is 0 Å². The summed E-state index contributed by atoms with van der Waals surface area (Å²) in [4.78, 5) is 9.97. The van der Waals surface area contributed by atoms with Gasteiger partial charge >= 0.3 is 53.7 Å². The summed E-state index contributed by atoms with van der Waals surface area (Å²) in [5, 5.41) is 8.83. The molecule has 0 unspecified atom stereocenters. The monoisotopic (exact) mass is 219 g/mol. The molecule has 3 N–H and O–H groups in total. The minimum Gasteiger partial charge on any atom is -0.147 e. The molecule has 0 saturated carbocycles. The largest absolute Gasteiger partial charge is 0.147 e. The summed E-state index contributed by atoms with van der Waals surface area (Å²) in [6, 6.07) is -0.639. The van der Waals surface area contributed by atoms with E-state index in [1.165, 1.54) is 0 Å². The van der Waals surface area contributed by atoms with Crippen molar-refractivity contribution < 1.29 is 9.90 Å². The summed E-state index contributed by atoms with van der Waals surface area (Å²) in [6.07, 6.45) is 0. The van der Waals surface area contributed by atoms with E-state index < -0.39 is 12.0 Å². The smallest absolute Gasteiger partial charge is 0.147 e. The number of halogens is 1. The fourth-order valence-corrected chi connectivity index (χ4v) is 1.30. The maximum Gasteiger partial charge on any atom is -0.147 e. The molecule has 0 spiro atoms. The van der Waals surface area contributed by atoms with Crippen molar-refractivity contribution in [2.45, 2.75) is 17.2 Å². The molecule has 0 heterocycles. The number of carboxylic acid groups (broad SMARTS) is 1. The zero-order valence-electron chi connectivity index (χ0n) is 5.03. The Morgan fingerprint density at radius 3 is 2.44 bits per heavy atom. The first-order valence-electron chi connectivity index (χ1n) is 2.15. The van der Waals surface area contributed by atoms with E-state index in [0.29, 0.717) is 20.3 Å². The van der Waals surface area contributed by atoms with E-state index in [9.17, 15) is 4.79 Å². The third kappa shape index (κ3) is 6.12. The average molecular weight is 219 g/mol. The Bertz CT molecular complexity index is 90.6. The summed E-state index contributed by atoms with van der Waals surface area (Å²) in [5.41, 5.74) is 5.14. The number of rotatable bonds is 3. The summed E-state index contributed by atoms with van der Waals surface area (Å²) in [5.74, 6) is 1.07. The topological polar surface area (TPSA) is 63.3 Å². The Labute approximate surface area is 66.6 Å². The number of hydrogen-bond donors (Lipinski definition) is 2. The summed E-state index contributed by atoms with van der Waals surface area (Å²) >= 11 is 0.373. The summed E-state index contributed by atoms with van der Waals surface area (Å²) in [6.45, 7) is 0. The third-order valence-electron chi connectivity index (χ3n) is 0.663. The van der Waals surface area contributed by atoms with Crippen LogP contribution in [-0.2, 0) is 4.79 Å². The van der Waals surface area contributed by atoms with Crippen molar-refractivity contribution in [3.63, 3.8) is 0 Å². The van der Waals surface area contributed by atoms with Gasteiger partial charge in [0.1, 0.15) is 0 Å². The number of hydrogen-bond acceptors (Lipinski definition) is 2. The predicted octanol–water partition coefficient (Wildman–Crippen LogP) is -0.00930. The summed E-state index contributed by atoms with van der Waals surface area (Å²) < 4.78 is 0. The van der Waals surface area contributed by atoms with Gasteiger partial charge < -0.3 is 0 Å². The second-order valence-electron chi connectivity index (χ2n) is 1.40. The van der Waals surface area contributed by atoms with E-state index in [4.69, 9.17) is 10.8 Å². The van der Waals surface area contributed by atoms with Crippen molar-refractivity contribution in [1.29, 1.82) is 0 Å². The van der Waals surface area contributed by atoms with Crippen LogP contribution >= 0.6 is 12.4 Å². The molecule has 0 rings (SSSR count). The van der Waals surface area contributed by atoms with Crippen molar-refractivity contribution in [2.75, 3.05) is 0 Å². The second kappa shape index (κ2) is 6.36. The van der Waals surface area contributed by atoms with Crippen LogP contribution in [0.3, 0.4) is 0 Å². The van der Waals surface area contributed by atoms with E-state index in [1.54, 1.807) is 0 Å². The maximum atomic E-state index is 9.97. The van der Waals surface area contributed by atoms with Crippen LogP contribution in [0.25, 0.3) is 0 Å². The van der Waals surface area contributed by atoms with Crippen molar-refractivity contribution in [3.8, 4) is 0 Å². The predicted molar refractivity (Wildman–Crippen MR) is 39.3 cm³/mol. The molecule has 0 saturated heterocycles. The van der Waals surface area contributed by atoms with Gasteiger partial charge in [0.05, 0.1) is 0 Å². The standard InChI is InChI=1S/C4H9NO2Se.ClH/c1-8-2-3(5)4(6)7;/h3H,2,5H2,1H3,(H,6,7);1H/t3-;/m1./s1. The number of carbonyl (C=O) groups is 1. The molecule has 0 fully saturated rings. The fourth-order valence-electron chi connectivity index (χ4n) is 0.251. The molecule has 3 nitrogen and oxygen atoms in total. The molecule has 9 heavy (non-hydrogen) atoms. The molecule has 0 aromatic heterocycles. The molecule has 56 valence electrons. The van der Waals surface area contributed by atoms with E-state index in [1.807, 2.05) is 5.82 Å². The third-order valence-corrected chi connectivity index (χ3v) is 2.12. The quantitative estimate of drug-likeness (QED) is 0.655. The van der Waals surface area contributed by atoms with Crippen molar-refractivity contribution in [2.24, 2.45) is 5.73 Å². The van der Waals surface area contributed by atoms with Crippen LogP contribution in [0.5, 0.6) is 0 Å². The fraction of sp³-hybridized carbons (Fsp3) is 0.750. The van der Waals surface area contributed by atoms with Gasteiger partial charge in [0.25, 0.3) is 0 Å². The molecule has 0 aromatic carbocycles. The summed E-state index contributed by atoms with van der Waals surface area (Å²) in [7, 11) is 0. The Morgan fingerprint density at radius 1 is 1.89 bits per heavy atom. The molecule has 0 amide bonds. The maximum absolute atomic E-state index is 9.97. The first-order valence-corrected chi connectivity index (χ1v) is 5.08. The molecular weight excluding hydrogens is 208 g/mol. The van der Waals surface area contributed by atoms with Crippen LogP contribution in [0.2, 0.25) is 11.1 Å².